The van der Waals surface area contributed by atoms with Crippen LogP contribution in [0.15, 0.2) is 121 Å². The van der Waals surface area contributed by atoms with Gasteiger partial charge in [-0.3, -0.25) is 14.4 Å². The number of hydrogen-bond donors (Lipinski definition) is 0. The highest BCUT2D eigenvalue weighted by Crippen LogP contribution is 2.32. The van der Waals surface area contributed by atoms with Crippen molar-refractivity contribution in [2.45, 2.75) is 25.6 Å². The van der Waals surface area contributed by atoms with Crippen LogP contribution in [0.4, 0.5) is 0 Å². The van der Waals surface area contributed by atoms with Gasteiger partial charge in [0, 0.05) is 17.9 Å². The van der Waals surface area contributed by atoms with Crippen molar-refractivity contribution in [3.8, 4) is 0 Å². The topological polar surface area (TPSA) is 69.7 Å². The van der Waals surface area contributed by atoms with E-state index in [1.54, 1.807) is 24.3 Å². The minimum atomic E-state index is -1.32. The lowest BCUT2D eigenvalue weighted by Gasteiger charge is -2.25. The Kier molecular flexibility index (Phi) is 8.97. The summed E-state index contributed by atoms with van der Waals surface area (Å²) in [6, 6.07) is 36.4. The van der Waals surface area contributed by atoms with E-state index >= 15 is 0 Å². The van der Waals surface area contributed by atoms with E-state index in [4.69, 9.17) is 9.47 Å². The van der Waals surface area contributed by atoms with Crippen LogP contribution in [0.5, 0.6) is 0 Å². The molecule has 0 aliphatic rings. The third-order valence-electron chi connectivity index (χ3n) is 6.09. The molecule has 4 aromatic carbocycles. The monoisotopic (exact) mass is 492 g/mol. The second-order valence-corrected chi connectivity index (χ2v) is 8.67. The summed E-state index contributed by atoms with van der Waals surface area (Å²) in [6.45, 7) is 0.0204. The Morgan fingerprint density at radius 2 is 0.946 bits per heavy atom. The molecule has 0 spiro atoms. The van der Waals surface area contributed by atoms with Gasteiger partial charge in [0.05, 0.1) is 0 Å². The highest BCUT2D eigenvalue weighted by Gasteiger charge is 2.40. The summed E-state index contributed by atoms with van der Waals surface area (Å²) in [6.07, 6.45) is -0.0560. The molecule has 0 aliphatic heterocycles. The molecular formula is C32H28O5. The number of ketones is 1. The molecule has 0 heterocycles. The molecular weight excluding hydrogens is 464 g/mol. The minimum absolute atomic E-state index is 0.0102. The van der Waals surface area contributed by atoms with Crippen molar-refractivity contribution in [2.75, 3.05) is 0 Å². The zero-order valence-electron chi connectivity index (χ0n) is 20.4. The first-order valence-electron chi connectivity index (χ1n) is 12.2. The van der Waals surface area contributed by atoms with E-state index in [-0.39, 0.29) is 25.4 Å². The number of Topliss-reactive ketones (excluding diaryl/α,β-unsaturated/α-hetero) is 1. The largest absolute Gasteiger partial charge is 0.460 e. The molecule has 0 fully saturated rings. The zero-order chi connectivity index (χ0) is 25.9. The molecule has 1 atom stereocenters. The Morgan fingerprint density at radius 1 is 0.541 bits per heavy atom. The van der Waals surface area contributed by atoms with Crippen molar-refractivity contribution in [3.63, 3.8) is 0 Å². The van der Waals surface area contributed by atoms with E-state index in [0.717, 1.165) is 11.1 Å². The Balaban J connectivity index is 1.63. The number of hydrogen-bond acceptors (Lipinski definition) is 5. The molecule has 5 nitrogen and oxygen atoms in total. The summed E-state index contributed by atoms with van der Waals surface area (Å²) >= 11 is 0. The molecule has 4 aromatic rings. The molecule has 1 unspecified atom stereocenters. The van der Waals surface area contributed by atoms with Crippen molar-refractivity contribution < 1.29 is 23.9 Å². The van der Waals surface area contributed by atoms with E-state index in [0.29, 0.717) is 11.1 Å². The van der Waals surface area contributed by atoms with Crippen LogP contribution in [-0.4, -0.2) is 17.7 Å². The van der Waals surface area contributed by atoms with Crippen molar-refractivity contribution in [3.05, 3.63) is 144 Å². The Morgan fingerprint density at radius 3 is 1.41 bits per heavy atom. The average Bonchev–Trinajstić information content (AvgIpc) is 2.96. The fourth-order valence-electron chi connectivity index (χ4n) is 4.13. The third kappa shape index (κ3) is 7.24. The molecule has 37 heavy (non-hydrogen) atoms. The van der Waals surface area contributed by atoms with Gasteiger partial charge in [-0.05, 0) is 16.7 Å². The maximum Gasteiger partial charge on any atom is 0.321 e. The summed E-state index contributed by atoms with van der Waals surface area (Å²) in [4.78, 5) is 40.2. The minimum Gasteiger partial charge on any atom is -0.460 e. The lowest BCUT2D eigenvalue weighted by atomic mass is 9.81. The summed E-state index contributed by atoms with van der Waals surface area (Å²) in [5.74, 6) is -3.71. The van der Waals surface area contributed by atoms with Crippen molar-refractivity contribution in [1.29, 1.82) is 0 Å². The molecule has 0 saturated heterocycles. The molecule has 5 heteroatoms. The van der Waals surface area contributed by atoms with E-state index in [1.165, 1.54) is 0 Å². The number of carbonyl (C=O) groups is 3. The normalized spacial score (nSPS) is 11.5. The first-order valence-corrected chi connectivity index (χ1v) is 12.2. The standard InChI is InChI=1S/C32H28O5/c33-29(27-19-11-4-12-20-27)21-28(26-17-9-3-10-18-26)30(31(34)36-22-24-13-5-1-6-14-24)32(35)37-23-25-15-7-2-8-16-25/h1-20,28,30H,21-23H2. The first-order chi connectivity index (χ1) is 18.1. The van der Waals surface area contributed by atoms with Gasteiger partial charge in [0.2, 0.25) is 0 Å². The van der Waals surface area contributed by atoms with Gasteiger partial charge in [-0.25, -0.2) is 0 Å². The molecule has 0 aromatic heterocycles. The number of esters is 2. The SMILES string of the molecule is O=C(CC(c1ccccc1)C(C(=O)OCc1ccccc1)C(=O)OCc1ccccc1)c1ccccc1. The molecule has 0 aliphatic carbocycles. The van der Waals surface area contributed by atoms with Gasteiger partial charge in [0.25, 0.3) is 0 Å². The Hall–Kier alpha value is -4.51. The van der Waals surface area contributed by atoms with Crippen LogP contribution in [0.2, 0.25) is 0 Å². The summed E-state index contributed by atoms with van der Waals surface area (Å²) in [7, 11) is 0. The van der Waals surface area contributed by atoms with Gasteiger partial charge in [0.1, 0.15) is 13.2 Å². The number of benzene rings is 4. The molecule has 0 radical (unpaired) electrons. The fraction of sp³-hybridized carbons (Fsp3) is 0.156. The predicted molar refractivity (Wildman–Crippen MR) is 141 cm³/mol. The van der Waals surface area contributed by atoms with E-state index in [9.17, 15) is 14.4 Å². The van der Waals surface area contributed by atoms with Gasteiger partial charge in [-0.2, -0.15) is 0 Å². The highest BCUT2D eigenvalue weighted by atomic mass is 16.6. The second-order valence-electron chi connectivity index (χ2n) is 8.67. The molecule has 186 valence electrons. The molecule has 0 bridgehead atoms. The van der Waals surface area contributed by atoms with Crippen LogP contribution >= 0.6 is 0 Å². The number of rotatable bonds is 11. The van der Waals surface area contributed by atoms with Crippen molar-refractivity contribution >= 4 is 17.7 Å². The first kappa shape index (κ1) is 25.6. The maximum absolute atomic E-state index is 13.5. The maximum atomic E-state index is 13.5. The van der Waals surface area contributed by atoms with Gasteiger partial charge >= 0.3 is 11.9 Å². The fourth-order valence-corrected chi connectivity index (χ4v) is 4.13. The summed E-state index contributed by atoms with van der Waals surface area (Å²) in [5, 5.41) is 0. The number of carbonyl (C=O) groups excluding carboxylic acids is 3. The smallest absolute Gasteiger partial charge is 0.321 e. The van der Waals surface area contributed by atoms with Crippen molar-refractivity contribution in [1.82, 2.24) is 0 Å². The van der Waals surface area contributed by atoms with Gasteiger partial charge < -0.3 is 9.47 Å². The highest BCUT2D eigenvalue weighted by molar-refractivity contribution is 6.00. The lowest BCUT2D eigenvalue weighted by Crippen LogP contribution is -2.34. The molecule has 0 amide bonds. The van der Waals surface area contributed by atoms with Gasteiger partial charge in [-0.15, -0.1) is 0 Å². The van der Waals surface area contributed by atoms with Crippen LogP contribution in [0.1, 0.15) is 39.4 Å². The Bertz CT molecular complexity index is 1230. The zero-order valence-corrected chi connectivity index (χ0v) is 20.4. The van der Waals surface area contributed by atoms with E-state index in [2.05, 4.69) is 0 Å². The van der Waals surface area contributed by atoms with Gasteiger partial charge in [-0.1, -0.05) is 121 Å². The van der Waals surface area contributed by atoms with Gasteiger partial charge in [0.15, 0.2) is 11.7 Å². The summed E-state index contributed by atoms with van der Waals surface area (Å²) in [5.41, 5.74) is 2.79. The second kappa shape index (κ2) is 13.0. The van der Waals surface area contributed by atoms with Crippen LogP contribution in [0.3, 0.4) is 0 Å². The molecule has 4 rings (SSSR count). The predicted octanol–water partition coefficient (Wildman–Crippen LogP) is 6.15. The molecule has 0 N–H and O–H groups in total. The van der Waals surface area contributed by atoms with E-state index in [1.807, 2.05) is 97.1 Å². The summed E-state index contributed by atoms with van der Waals surface area (Å²) < 4.78 is 11.2. The van der Waals surface area contributed by atoms with E-state index < -0.39 is 23.8 Å². The van der Waals surface area contributed by atoms with Crippen molar-refractivity contribution in [2.24, 2.45) is 5.92 Å². The average molecular weight is 493 g/mol. The van der Waals surface area contributed by atoms with Crippen LogP contribution in [0.25, 0.3) is 0 Å². The van der Waals surface area contributed by atoms with Crippen LogP contribution in [-0.2, 0) is 32.3 Å². The Labute approximate surface area is 216 Å². The lowest BCUT2D eigenvalue weighted by molar-refractivity contribution is -0.165. The quantitative estimate of drug-likeness (QED) is 0.143. The molecule has 0 saturated carbocycles. The third-order valence-corrected chi connectivity index (χ3v) is 6.09. The van der Waals surface area contributed by atoms with Crippen LogP contribution < -0.4 is 0 Å². The van der Waals surface area contributed by atoms with Crippen LogP contribution in [0, 0.1) is 5.92 Å². The number of ether oxygens (including phenoxy) is 2.